The van der Waals surface area contributed by atoms with Crippen LogP contribution < -0.4 is 4.74 Å². The summed E-state index contributed by atoms with van der Waals surface area (Å²) >= 11 is 0. The number of nitrogens with zero attached hydrogens (tertiary/aromatic N) is 4. The van der Waals surface area contributed by atoms with Crippen molar-refractivity contribution in [2.75, 3.05) is 6.61 Å². The molecule has 0 unspecified atom stereocenters. The fraction of sp³-hybridized carbons (Fsp3) is 0.292. The first-order valence-electron chi connectivity index (χ1n) is 10.3. The summed E-state index contributed by atoms with van der Waals surface area (Å²) < 4.78 is 7.96. The van der Waals surface area contributed by atoms with Gasteiger partial charge in [-0.25, -0.2) is 0 Å². The second-order valence-electron chi connectivity index (χ2n) is 7.55. The number of aryl methyl sites for hydroxylation is 2. The van der Waals surface area contributed by atoms with Crippen molar-refractivity contribution in [1.29, 1.82) is 0 Å². The average Bonchev–Trinajstić information content (AvgIpc) is 3.33. The molecular formula is C24H24N4O. The van der Waals surface area contributed by atoms with Gasteiger partial charge in [0.25, 0.3) is 0 Å². The van der Waals surface area contributed by atoms with Crippen LogP contribution in [0.3, 0.4) is 0 Å². The van der Waals surface area contributed by atoms with Gasteiger partial charge in [0, 0.05) is 41.1 Å². The predicted octanol–water partition coefficient (Wildman–Crippen LogP) is 5.20. The summed E-state index contributed by atoms with van der Waals surface area (Å²) in [5.74, 6) is 0.866. The zero-order chi connectivity index (χ0) is 19.8. The van der Waals surface area contributed by atoms with Crippen LogP contribution in [0.5, 0.6) is 5.75 Å². The van der Waals surface area contributed by atoms with Crippen LogP contribution in [-0.2, 0) is 13.0 Å². The molecule has 5 heteroatoms. The van der Waals surface area contributed by atoms with Gasteiger partial charge in [-0.15, -0.1) is 0 Å². The molecule has 0 amide bonds. The monoisotopic (exact) mass is 384 g/mol. The highest BCUT2D eigenvalue weighted by molar-refractivity contribution is 5.99. The Kier molecular flexibility index (Phi) is 4.51. The minimum absolute atomic E-state index is 0.714. The van der Waals surface area contributed by atoms with E-state index in [0.29, 0.717) is 6.61 Å². The van der Waals surface area contributed by atoms with Crippen molar-refractivity contribution < 1.29 is 4.74 Å². The zero-order valence-electron chi connectivity index (χ0n) is 16.9. The minimum Gasteiger partial charge on any atom is -0.494 e. The molecule has 1 aliphatic rings. The first-order chi connectivity index (χ1) is 14.2. The van der Waals surface area contributed by atoms with Gasteiger partial charge in [-0.2, -0.15) is 5.10 Å². The molecule has 4 aromatic rings. The molecule has 0 aliphatic carbocycles. The summed E-state index contributed by atoms with van der Waals surface area (Å²) in [7, 11) is 0. The van der Waals surface area contributed by atoms with Gasteiger partial charge in [-0.3, -0.25) is 14.6 Å². The van der Waals surface area contributed by atoms with E-state index in [4.69, 9.17) is 14.8 Å². The van der Waals surface area contributed by atoms with Crippen molar-refractivity contribution >= 4 is 10.9 Å². The lowest BCUT2D eigenvalue weighted by molar-refractivity contribution is 0.318. The molecule has 0 N–H and O–H groups in total. The Balaban J connectivity index is 1.71. The Hall–Kier alpha value is -3.21. The van der Waals surface area contributed by atoms with E-state index >= 15 is 0 Å². The molecule has 0 bridgehead atoms. The second-order valence-corrected chi connectivity index (χ2v) is 7.55. The summed E-state index contributed by atoms with van der Waals surface area (Å²) in [5, 5.41) is 6.07. The van der Waals surface area contributed by atoms with Crippen LogP contribution >= 0.6 is 0 Å². The molecule has 5 nitrogen and oxygen atoms in total. The lowest BCUT2D eigenvalue weighted by atomic mass is 9.96. The molecule has 0 saturated heterocycles. The maximum atomic E-state index is 5.81. The van der Waals surface area contributed by atoms with E-state index in [0.717, 1.165) is 59.5 Å². The fourth-order valence-electron chi connectivity index (χ4n) is 4.12. The van der Waals surface area contributed by atoms with E-state index in [1.807, 2.05) is 37.4 Å². The summed E-state index contributed by atoms with van der Waals surface area (Å²) in [4.78, 5) is 9.37. The maximum Gasteiger partial charge on any atom is 0.121 e. The highest BCUT2D eigenvalue weighted by Gasteiger charge is 2.25. The second kappa shape index (κ2) is 7.32. The molecule has 0 saturated carbocycles. The third kappa shape index (κ3) is 3.16. The number of fused-ring (bicyclic) bond motifs is 2. The van der Waals surface area contributed by atoms with Crippen LogP contribution in [0.1, 0.15) is 31.2 Å². The largest absolute Gasteiger partial charge is 0.494 e. The molecule has 3 aromatic heterocycles. The van der Waals surface area contributed by atoms with Crippen molar-refractivity contribution in [3.05, 3.63) is 60.0 Å². The zero-order valence-corrected chi connectivity index (χ0v) is 16.9. The van der Waals surface area contributed by atoms with E-state index in [-0.39, 0.29) is 0 Å². The lowest BCUT2D eigenvalue weighted by Gasteiger charge is -2.11. The van der Waals surface area contributed by atoms with Gasteiger partial charge in [-0.1, -0.05) is 13.0 Å². The molecular weight excluding hydrogens is 360 g/mol. The molecule has 29 heavy (non-hydrogen) atoms. The van der Waals surface area contributed by atoms with Crippen LogP contribution in [0.4, 0.5) is 0 Å². The Bertz CT molecular complexity index is 1190. The van der Waals surface area contributed by atoms with Gasteiger partial charge in [0.2, 0.25) is 0 Å². The molecule has 0 fully saturated rings. The summed E-state index contributed by atoms with van der Waals surface area (Å²) in [6.45, 7) is 5.81. The number of aromatic nitrogens is 4. The summed E-state index contributed by atoms with van der Waals surface area (Å²) in [6.07, 6.45) is 5.04. The topological polar surface area (TPSA) is 52.8 Å². The molecule has 0 radical (unpaired) electrons. The number of pyridine rings is 2. The minimum atomic E-state index is 0.714. The quantitative estimate of drug-likeness (QED) is 0.474. The normalized spacial score (nSPS) is 13.0. The van der Waals surface area contributed by atoms with Gasteiger partial charge in [-0.05, 0) is 62.1 Å². The van der Waals surface area contributed by atoms with Crippen LogP contribution in [0, 0.1) is 6.92 Å². The van der Waals surface area contributed by atoms with E-state index in [1.165, 1.54) is 16.8 Å². The summed E-state index contributed by atoms with van der Waals surface area (Å²) in [6, 6.07) is 14.4. The van der Waals surface area contributed by atoms with E-state index in [9.17, 15) is 0 Å². The molecule has 146 valence electrons. The molecule has 4 heterocycles. The fourth-order valence-corrected chi connectivity index (χ4v) is 4.12. The van der Waals surface area contributed by atoms with Crippen LogP contribution in [-0.4, -0.2) is 26.4 Å². The molecule has 5 rings (SSSR count). The van der Waals surface area contributed by atoms with Gasteiger partial charge in [0.05, 0.1) is 17.8 Å². The first-order valence-corrected chi connectivity index (χ1v) is 10.3. The van der Waals surface area contributed by atoms with Gasteiger partial charge in [0.15, 0.2) is 0 Å². The van der Waals surface area contributed by atoms with E-state index in [1.54, 1.807) is 0 Å². The Labute approximate surface area is 170 Å². The Morgan fingerprint density at radius 2 is 2.07 bits per heavy atom. The summed E-state index contributed by atoms with van der Waals surface area (Å²) in [5.41, 5.74) is 7.48. The van der Waals surface area contributed by atoms with Crippen LogP contribution in [0.2, 0.25) is 0 Å². The number of benzene rings is 1. The predicted molar refractivity (Wildman–Crippen MR) is 115 cm³/mol. The smallest absolute Gasteiger partial charge is 0.121 e. The number of ether oxygens (including phenoxy) is 1. The molecule has 0 spiro atoms. The van der Waals surface area contributed by atoms with Crippen molar-refractivity contribution in [2.45, 2.75) is 39.7 Å². The van der Waals surface area contributed by atoms with Crippen LogP contribution in [0.25, 0.3) is 33.4 Å². The average molecular weight is 384 g/mol. The van der Waals surface area contributed by atoms with Crippen molar-refractivity contribution in [3.8, 4) is 28.3 Å². The first kappa shape index (κ1) is 17.9. The standard InChI is InChI=1S/C24H24N4O/c1-3-14-29-17-9-10-18-19(11-12-25-21(18)15-17)23-22-8-5-13-28(22)27-24(23)20-7-4-6-16(2)26-20/h4,6-7,9-12,15H,3,5,8,13-14H2,1-2H3. The Morgan fingerprint density at radius 1 is 1.14 bits per heavy atom. The van der Waals surface area contributed by atoms with Crippen LogP contribution in [0.15, 0.2) is 48.7 Å². The third-order valence-corrected chi connectivity index (χ3v) is 5.43. The third-order valence-electron chi connectivity index (χ3n) is 5.43. The maximum absolute atomic E-state index is 5.81. The molecule has 1 aromatic carbocycles. The highest BCUT2D eigenvalue weighted by Crippen LogP contribution is 2.40. The molecule has 1 aliphatic heterocycles. The van der Waals surface area contributed by atoms with E-state index in [2.05, 4.69) is 34.8 Å². The van der Waals surface area contributed by atoms with Gasteiger partial charge < -0.3 is 4.74 Å². The lowest BCUT2D eigenvalue weighted by Crippen LogP contribution is -1.96. The highest BCUT2D eigenvalue weighted by atomic mass is 16.5. The number of hydrogen-bond acceptors (Lipinski definition) is 4. The number of rotatable bonds is 5. The SMILES string of the molecule is CCCOc1ccc2c(-c3c(-c4cccc(C)n4)nn4c3CCC4)ccnc2c1. The van der Waals surface area contributed by atoms with E-state index < -0.39 is 0 Å². The van der Waals surface area contributed by atoms with Crippen molar-refractivity contribution in [2.24, 2.45) is 0 Å². The molecule has 0 atom stereocenters. The van der Waals surface area contributed by atoms with Crippen molar-refractivity contribution in [1.82, 2.24) is 19.7 Å². The number of hydrogen-bond donors (Lipinski definition) is 0. The Morgan fingerprint density at radius 3 is 2.93 bits per heavy atom. The van der Waals surface area contributed by atoms with Gasteiger partial charge in [0.1, 0.15) is 11.4 Å². The van der Waals surface area contributed by atoms with Gasteiger partial charge >= 0.3 is 0 Å². The van der Waals surface area contributed by atoms with Crippen molar-refractivity contribution in [3.63, 3.8) is 0 Å².